The van der Waals surface area contributed by atoms with E-state index in [1.54, 1.807) is 54.6 Å². The molecule has 6 aromatic rings. The average Bonchev–Trinajstić information content (AvgIpc) is 2.98. The molecule has 13 heteroatoms. The fraction of sp³-hybridized carbons (Fsp3) is 0. The number of aromatic carboxylic acids is 3. The van der Waals surface area contributed by atoms with Gasteiger partial charge in [-0.15, -0.1) is 0 Å². The van der Waals surface area contributed by atoms with E-state index in [-0.39, 0.29) is 51.4 Å². The van der Waals surface area contributed by atoms with Gasteiger partial charge in [0.15, 0.2) is 0 Å². The largest absolute Gasteiger partial charge is 0.506 e. The molecule has 0 fully saturated rings. The molecule has 0 saturated carbocycles. The van der Waals surface area contributed by atoms with E-state index in [1.807, 2.05) is 0 Å². The topological polar surface area (TPSA) is 211 Å². The smallest absolute Gasteiger partial charge is 0.354 e. The van der Waals surface area contributed by atoms with E-state index >= 15 is 0 Å². The Morgan fingerprint density at radius 3 is 0.907 bits per heavy atom. The maximum absolute atomic E-state index is 10.6. The zero-order valence-electron chi connectivity index (χ0n) is 21.8. The van der Waals surface area contributed by atoms with Gasteiger partial charge in [0.2, 0.25) is 0 Å². The Bertz CT molecular complexity index is 1760. The Labute approximate surface area is 252 Å². The maximum atomic E-state index is 10.6. The molecule has 0 saturated heterocycles. The number of hydrogen-bond acceptors (Lipinski definition) is 9. The number of fused-ring (bicyclic) bond motifs is 3. The van der Waals surface area contributed by atoms with E-state index in [2.05, 4.69) is 15.0 Å². The third-order valence-electron chi connectivity index (χ3n) is 5.75. The number of rotatable bonds is 3. The van der Waals surface area contributed by atoms with Crippen molar-refractivity contribution in [3.63, 3.8) is 0 Å². The number of phenols is 3. The predicted octanol–water partition coefficient (Wildman–Crippen LogP) is 4.91. The maximum Gasteiger partial charge on any atom is 0.354 e. The van der Waals surface area contributed by atoms with Gasteiger partial charge in [0.25, 0.3) is 0 Å². The Balaban J connectivity index is 0.000000175. The summed E-state index contributed by atoms with van der Waals surface area (Å²) in [5.74, 6) is -3.33. The van der Waals surface area contributed by atoms with E-state index in [0.29, 0.717) is 16.6 Å². The molecule has 6 N–H and O–H groups in total. The molecule has 0 atom stereocenters. The van der Waals surface area contributed by atoms with Crippen molar-refractivity contribution in [3.05, 3.63) is 108 Å². The Morgan fingerprint density at radius 1 is 0.419 bits per heavy atom. The molecule has 0 spiro atoms. The van der Waals surface area contributed by atoms with E-state index in [0.717, 1.165) is 16.2 Å². The molecule has 218 valence electrons. The summed E-state index contributed by atoms with van der Waals surface area (Å²) in [4.78, 5) is 43.3. The first kappa shape index (κ1) is 31.7. The monoisotopic (exact) mass is 623 g/mol. The minimum absolute atomic E-state index is 0. The first-order valence-electron chi connectivity index (χ1n) is 12.0. The summed E-state index contributed by atoms with van der Waals surface area (Å²) in [6, 6.07) is 23.8. The second-order valence-electron chi connectivity index (χ2n) is 8.55. The van der Waals surface area contributed by atoms with Crippen molar-refractivity contribution in [1.82, 2.24) is 15.0 Å². The Morgan fingerprint density at radius 2 is 0.674 bits per heavy atom. The number of phenolic OH excluding ortho intramolecular Hbond substituents is 3. The summed E-state index contributed by atoms with van der Waals surface area (Å²) >= 11 is 0. The van der Waals surface area contributed by atoms with Gasteiger partial charge < -0.3 is 30.6 Å². The summed E-state index contributed by atoms with van der Waals surface area (Å²) in [7, 11) is 0. The molecule has 6 rings (SSSR count). The number of aromatic hydroxyl groups is 3. The van der Waals surface area contributed by atoms with Crippen LogP contribution >= 0.6 is 0 Å². The van der Waals surface area contributed by atoms with Crippen LogP contribution in [0.4, 0.5) is 0 Å². The van der Waals surface area contributed by atoms with Crippen LogP contribution in [0.15, 0.2) is 91.0 Å². The van der Waals surface area contributed by atoms with E-state index in [1.165, 1.54) is 36.4 Å². The van der Waals surface area contributed by atoms with Gasteiger partial charge in [0.1, 0.15) is 50.9 Å². The van der Waals surface area contributed by atoms with Crippen molar-refractivity contribution in [3.8, 4) is 17.2 Å². The first-order chi connectivity index (χ1) is 20.0. The molecule has 0 aliphatic rings. The van der Waals surface area contributed by atoms with Gasteiger partial charge in [-0.3, -0.25) is 0 Å². The van der Waals surface area contributed by atoms with E-state index in [9.17, 15) is 29.7 Å². The average molecular weight is 623 g/mol. The molecule has 0 bridgehead atoms. The van der Waals surface area contributed by atoms with Crippen molar-refractivity contribution in [2.75, 3.05) is 0 Å². The molecule has 12 nitrogen and oxygen atoms in total. The van der Waals surface area contributed by atoms with Gasteiger partial charge in [0, 0.05) is 33.2 Å². The van der Waals surface area contributed by atoms with E-state index in [4.69, 9.17) is 15.3 Å². The molecular weight excluding hydrogens is 602 g/mol. The van der Waals surface area contributed by atoms with Crippen LogP contribution in [0, 0.1) is 0 Å². The van der Waals surface area contributed by atoms with Crippen molar-refractivity contribution in [2.45, 2.75) is 0 Å². The zero-order valence-corrected chi connectivity index (χ0v) is 22.9. The second kappa shape index (κ2) is 13.7. The SMILES string of the molecule is O=C(O)c1ccc2cccc(O)c2n1.O=C(O)c1ccc2cccc(O)c2n1.O=C(O)c1ccc2cccc(O)c2n1.[Fe]. The number of benzene rings is 3. The van der Waals surface area contributed by atoms with Crippen LogP contribution in [0.25, 0.3) is 32.7 Å². The van der Waals surface area contributed by atoms with Crippen molar-refractivity contribution >= 4 is 50.6 Å². The standard InChI is InChI=1S/3C10H7NO3.Fe/c3*12-8-3-1-2-6-4-5-7(10(13)14)11-9(6)8;/h3*1-5,12H,(H,13,14);. The van der Waals surface area contributed by atoms with Crippen molar-refractivity contribution < 1.29 is 62.1 Å². The van der Waals surface area contributed by atoms with Crippen LogP contribution in [0.1, 0.15) is 31.5 Å². The summed E-state index contributed by atoms with van der Waals surface area (Å²) < 4.78 is 0. The minimum Gasteiger partial charge on any atom is -0.506 e. The summed E-state index contributed by atoms with van der Waals surface area (Å²) in [6.07, 6.45) is 0. The molecule has 3 aromatic carbocycles. The number of carboxylic acid groups (broad SMARTS) is 3. The molecule has 0 aliphatic heterocycles. The van der Waals surface area contributed by atoms with Gasteiger partial charge >= 0.3 is 17.9 Å². The van der Waals surface area contributed by atoms with Crippen LogP contribution in [-0.2, 0) is 17.1 Å². The van der Waals surface area contributed by atoms with Crippen LogP contribution in [-0.4, -0.2) is 63.5 Å². The van der Waals surface area contributed by atoms with Gasteiger partial charge in [-0.2, -0.15) is 0 Å². The number of para-hydroxylation sites is 3. The third kappa shape index (κ3) is 7.50. The quantitative estimate of drug-likeness (QED) is 0.145. The molecule has 3 heterocycles. The van der Waals surface area contributed by atoms with Crippen LogP contribution in [0.2, 0.25) is 0 Å². The molecule has 0 aliphatic carbocycles. The Hall–Kier alpha value is -5.78. The molecule has 0 unspecified atom stereocenters. The fourth-order valence-corrected chi connectivity index (χ4v) is 3.75. The fourth-order valence-electron chi connectivity index (χ4n) is 3.75. The van der Waals surface area contributed by atoms with Gasteiger partial charge in [0.05, 0.1) is 0 Å². The van der Waals surface area contributed by atoms with Crippen molar-refractivity contribution in [2.24, 2.45) is 0 Å². The Kier molecular flexibility index (Phi) is 10.1. The molecule has 0 radical (unpaired) electrons. The molecule has 0 amide bonds. The third-order valence-corrected chi connectivity index (χ3v) is 5.75. The van der Waals surface area contributed by atoms with Crippen LogP contribution in [0.5, 0.6) is 17.2 Å². The number of hydrogen-bond donors (Lipinski definition) is 6. The molecule has 43 heavy (non-hydrogen) atoms. The summed E-state index contributed by atoms with van der Waals surface area (Å²) in [5, 5.41) is 56.5. The number of pyridine rings is 3. The number of carbonyl (C=O) groups is 3. The van der Waals surface area contributed by atoms with Crippen molar-refractivity contribution in [1.29, 1.82) is 0 Å². The molecular formula is C30H21FeN3O9. The number of carboxylic acids is 3. The van der Waals surface area contributed by atoms with Crippen LogP contribution in [0.3, 0.4) is 0 Å². The van der Waals surface area contributed by atoms with Gasteiger partial charge in [-0.05, 0) is 36.4 Å². The van der Waals surface area contributed by atoms with Gasteiger partial charge in [-0.25, -0.2) is 29.3 Å². The first-order valence-corrected chi connectivity index (χ1v) is 12.0. The number of aromatic nitrogens is 3. The second-order valence-corrected chi connectivity index (χ2v) is 8.55. The minimum atomic E-state index is -1.10. The summed E-state index contributed by atoms with van der Waals surface area (Å²) in [6.45, 7) is 0. The number of nitrogens with zero attached hydrogens (tertiary/aromatic N) is 3. The predicted molar refractivity (Wildman–Crippen MR) is 151 cm³/mol. The normalized spacial score (nSPS) is 10.0. The molecule has 3 aromatic heterocycles. The van der Waals surface area contributed by atoms with Gasteiger partial charge in [-0.1, -0.05) is 54.6 Å². The zero-order chi connectivity index (χ0) is 30.4. The summed E-state index contributed by atoms with van der Waals surface area (Å²) in [5.41, 5.74) is 0.726. The van der Waals surface area contributed by atoms with Crippen LogP contribution < -0.4 is 0 Å². The van der Waals surface area contributed by atoms with E-state index < -0.39 is 17.9 Å².